The highest BCUT2D eigenvalue weighted by molar-refractivity contribution is 8.00. The zero-order valence-electron chi connectivity index (χ0n) is 17.4. The van der Waals surface area contributed by atoms with Gasteiger partial charge in [-0.25, -0.2) is 0 Å². The predicted octanol–water partition coefficient (Wildman–Crippen LogP) is 4.08. The first kappa shape index (κ1) is 21.6. The summed E-state index contributed by atoms with van der Waals surface area (Å²) in [6, 6.07) is 24.2. The summed E-state index contributed by atoms with van der Waals surface area (Å²) in [7, 11) is 0. The Morgan fingerprint density at radius 1 is 0.906 bits per heavy atom. The Morgan fingerprint density at radius 3 is 2.47 bits per heavy atom. The Hall–Kier alpha value is -3.58. The largest absolute Gasteiger partial charge is 0.348 e. The molecule has 7 heteroatoms. The van der Waals surface area contributed by atoms with E-state index in [9.17, 15) is 14.4 Å². The predicted molar refractivity (Wildman–Crippen MR) is 127 cm³/mol. The van der Waals surface area contributed by atoms with Gasteiger partial charge in [0.05, 0.1) is 22.7 Å². The van der Waals surface area contributed by atoms with Crippen LogP contribution in [0.25, 0.3) is 0 Å². The maximum atomic E-state index is 12.7. The molecule has 0 unspecified atom stereocenters. The third-order valence-electron chi connectivity index (χ3n) is 5.11. The zero-order valence-corrected chi connectivity index (χ0v) is 18.2. The lowest BCUT2D eigenvalue weighted by Crippen LogP contribution is -2.37. The van der Waals surface area contributed by atoms with E-state index in [4.69, 9.17) is 0 Å². The van der Waals surface area contributed by atoms with Gasteiger partial charge in [0.25, 0.3) is 5.91 Å². The van der Waals surface area contributed by atoms with E-state index in [-0.39, 0.29) is 30.7 Å². The molecule has 3 aromatic carbocycles. The number of hydrogen-bond acceptors (Lipinski definition) is 4. The second-order valence-corrected chi connectivity index (χ2v) is 8.33. The van der Waals surface area contributed by atoms with Gasteiger partial charge in [-0.05, 0) is 29.8 Å². The summed E-state index contributed by atoms with van der Waals surface area (Å²) >= 11 is 1.51. The van der Waals surface area contributed by atoms with Gasteiger partial charge in [-0.1, -0.05) is 54.6 Å². The molecule has 1 heterocycles. The van der Waals surface area contributed by atoms with E-state index < -0.39 is 0 Å². The van der Waals surface area contributed by atoms with Gasteiger partial charge in [-0.2, -0.15) is 0 Å². The highest BCUT2D eigenvalue weighted by Gasteiger charge is 2.24. The Balaban J connectivity index is 1.38. The maximum Gasteiger partial charge on any atom is 0.253 e. The zero-order chi connectivity index (χ0) is 22.3. The van der Waals surface area contributed by atoms with Crippen molar-refractivity contribution in [1.29, 1.82) is 0 Å². The number of nitrogens with one attached hydrogen (secondary N) is 2. The van der Waals surface area contributed by atoms with E-state index in [0.717, 1.165) is 16.1 Å². The van der Waals surface area contributed by atoms with E-state index in [2.05, 4.69) is 10.6 Å². The van der Waals surface area contributed by atoms with Crippen LogP contribution in [0.5, 0.6) is 0 Å². The van der Waals surface area contributed by atoms with Crippen molar-refractivity contribution in [2.24, 2.45) is 0 Å². The molecular formula is C25H23N3O3S. The number of amides is 3. The summed E-state index contributed by atoms with van der Waals surface area (Å²) in [5.41, 5.74) is 2.67. The first-order chi connectivity index (χ1) is 15.6. The minimum absolute atomic E-state index is 0.0119. The quantitative estimate of drug-likeness (QED) is 0.574. The van der Waals surface area contributed by atoms with Gasteiger partial charge < -0.3 is 15.5 Å². The van der Waals surface area contributed by atoms with Crippen LogP contribution in [0.4, 0.5) is 11.4 Å². The molecule has 0 saturated heterocycles. The first-order valence-corrected chi connectivity index (χ1v) is 11.3. The number of anilines is 2. The second kappa shape index (κ2) is 10.2. The second-order valence-electron chi connectivity index (χ2n) is 7.31. The average molecular weight is 446 g/mol. The van der Waals surface area contributed by atoms with Gasteiger partial charge in [0.1, 0.15) is 0 Å². The molecule has 4 rings (SSSR count). The highest BCUT2D eigenvalue weighted by atomic mass is 32.2. The van der Waals surface area contributed by atoms with Crippen molar-refractivity contribution in [3.05, 3.63) is 90.0 Å². The van der Waals surface area contributed by atoms with E-state index in [0.29, 0.717) is 23.5 Å². The fraction of sp³-hybridized carbons (Fsp3) is 0.160. The number of hydrogen-bond donors (Lipinski definition) is 2. The molecule has 0 fully saturated rings. The molecule has 3 amide bonds. The Labute approximate surface area is 191 Å². The van der Waals surface area contributed by atoms with Crippen LogP contribution in [0.3, 0.4) is 0 Å². The Morgan fingerprint density at radius 2 is 1.62 bits per heavy atom. The van der Waals surface area contributed by atoms with Crippen LogP contribution in [-0.4, -0.2) is 30.0 Å². The highest BCUT2D eigenvalue weighted by Crippen LogP contribution is 2.34. The molecule has 162 valence electrons. The number of benzene rings is 3. The molecule has 0 aliphatic carbocycles. The minimum atomic E-state index is -0.262. The molecule has 0 spiro atoms. The number of carbonyl (C=O) groups is 3. The van der Waals surface area contributed by atoms with Gasteiger partial charge in [0.2, 0.25) is 11.8 Å². The van der Waals surface area contributed by atoms with Crippen molar-refractivity contribution in [2.45, 2.75) is 17.9 Å². The van der Waals surface area contributed by atoms with Crippen molar-refractivity contribution in [3.8, 4) is 0 Å². The van der Waals surface area contributed by atoms with Gasteiger partial charge in [-0.15, -0.1) is 11.8 Å². The van der Waals surface area contributed by atoms with Gasteiger partial charge in [-0.3, -0.25) is 14.4 Å². The molecule has 0 aromatic heterocycles. The summed E-state index contributed by atoms with van der Waals surface area (Å²) in [6.45, 7) is 0.682. The van der Waals surface area contributed by atoms with Crippen LogP contribution in [0.15, 0.2) is 83.8 Å². The lowest BCUT2D eigenvalue weighted by atomic mass is 10.1. The molecule has 0 atom stereocenters. The van der Waals surface area contributed by atoms with Crippen molar-refractivity contribution in [1.82, 2.24) is 5.32 Å². The fourth-order valence-electron chi connectivity index (χ4n) is 3.49. The Bertz CT molecular complexity index is 1130. The first-order valence-electron chi connectivity index (χ1n) is 10.3. The molecular weight excluding hydrogens is 422 g/mol. The van der Waals surface area contributed by atoms with Crippen molar-refractivity contribution in [2.75, 3.05) is 22.5 Å². The molecule has 0 saturated carbocycles. The third-order valence-corrected chi connectivity index (χ3v) is 6.16. The SMILES string of the molecule is O=C(CCN1C(=O)CSc2ccccc21)Nc1ccccc1C(=O)NCc1ccccc1. The molecule has 32 heavy (non-hydrogen) atoms. The number of para-hydroxylation sites is 2. The molecule has 0 radical (unpaired) electrons. The van der Waals surface area contributed by atoms with Crippen LogP contribution in [0.2, 0.25) is 0 Å². The minimum Gasteiger partial charge on any atom is -0.348 e. The molecule has 0 bridgehead atoms. The van der Waals surface area contributed by atoms with Crippen LogP contribution in [-0.2, 0) is 16.1 Å². The van der Waals surface area contributed by atoms with E-state index in [1.165, 1.54) is 11.8 Å². The summed E-state index contributed by atoms with van der Waals surface area (Å²) in [5, 5.41) is 5.71. The van der Waals surface area contributed by atoms with Crippen LogP contribution >= 0.6 is 11.8 Å². The topological polar surface area (TPSA) is 78.5 Å². The van der Waals surface area contributed by atoms with Crippen molar-refractivity contribution >= 4 is 40.9 Å². The van der Waals surface area contributed by atoms with Crippen molar-refractivity contribution < 1.29 is 14.4 Å². The van der Waals surface area contributed by atoms with E-state index >= 15 is 0 Å². The van der Waals surface area contributed by atoms with Crippen LogP contribution < -0.4 is 15.5 Å². The van der Waals surface area contributed by atoms with E-state index in [1.807, 2.05) is 54.6 Å². The molecule has 1 aliphatic rings. The average Bonchev–Trinajstić information content (AvgIpc) is 2.83. The lowest BCUT2D eigenvalue weighted by Gasteiger charge is -2.28. The number of carbonyl (C=O) groups excluding carboxylic acids is 3. The van der Waals surface area contributed by atoms with Crippen LogP contribution in [0, 0.1) is 0 Å². The fourth-order valence-corrected chi connectivity index (χ4v) is 4.42. The van der Waals surface area contributed by atoms with Crippen LogP contribution in [0.1, 0.15) is 22.3 Å². The van der Waals surface area contributed by atoms with Gasteiger partial charge in [0.15, 0.2) is 0 Å². The molecule has 1 aliphatic heterocycles. The normalized spacial score (nSPS) is 12.8. The van der Waals surface area contributed by atoms with Gasteiger partial charge in [0, 0.05) is 24.4 Å². The number of fused-ring (bicyclic) bond motifs is 1. The summed E-state index contributed by atoms with van der Waals surface area (Å²) in [4.78, 5) is 40.4. The maximum absolute atomic E-state index is 12.7. The van der Waals surface area contributed by atoms with E-state index in [1.54, 1.807) is 29.2 Å². The number of rotatable bonds is 7. The number of nitrogens with zero attached hydrogens (tertiary/aromatic N) is 1. The Kier molecular flexibility index (Phi) is 6.87. The standard InChI is InChI=1S/C25H23N3O3S/c29-23(14-15-28-21-12-6-7-13-22(21)32-17-24(28)30)27-20-11-5-4-10-19(20)25(31)26-16-18-8-2-1-3-9-18/h1-13H,14-17H2,(H,26,31)(H,27,29). The molecule has 2 N–H and O–H groups in total. The third kappa shape index (κ3) is 5.18. The summed E-state index contributed by atoms with van der Waals surface area (Å²) in [6.07, 6.45) is 0.130. The monoisotopic (exact) mass is 445 g/mol. The summed E-state index contributed by atoms with van der Waals surface area (Å²) < 4.78 is 0. The lowest BCUT2D eigenvalue weighted by molar-refractivity contribution is -0.117. The van der Waals surface area contributed by atoms with Gasteiger partial charge >= 0.3 is 0 Å². The molecule has 3 aromatic rings. The number of thioether (sulfide) groups is 1. The smallest absolute Gasteiger partial charge is 0.253 e. The van der Waals surface area contributed by atoms with Crippen molar-refractivity contribution in [3.63, 3.8) is 0 Å². The molecule has 6 nitrogen and oxygen atoms in total. The summed E-state index contributed by atoms with van der Waals surface area (Å²) in [5.74, 6) is -0.163.